The van der Waals surface area contributed by atoms with Gasteiger partial charge >= 0.3 is 0 Å². The summed E-state index contributed by atoms with van der Waals surface area (Å²) in [5.41, 5.74) is 1.19. The lowest BCUT2D eigenvalue weighted by atomic mass is 9.90. The van der Waals surface area contributed by atoms with E-state index in [1.165, 1.54) is 5.56 Å². The molecule has 1 unspecified atom stereocenters. The Labute approximate surface area is 111 Å². The van der Waals surface area contributed by atoms with Gasteiger partial charge in [0.1, 0.15) is 0 Å². The third-order valence-electron chi connectivity index (χ3n) is 3.28. The molecule has 2 nitrogen and oxygen atoms in total. The second-order valence-corrected chi connectivity index (χ2v) is 5.62. The quantitative estimate of drug-likeness (QED) is 0.742. The fraction of sp³-hybridized carbons (Fsp3) is 0.562. The van der Waals surface area contributed by atoms with Crippen LogP contribution in [0.4, 0.5) is 0 Å². The number of hydrogen-bond donors (Lipinski definition) is 1. The molecule has 1 aromatic carbocycles. The molecule has 0 saturated heterocycles. The first-order valence-electron chi connectivity index (χ1n) is 6.72. The highest BCUT2D eigenvalue weighted by Crippen LogP contribution is 2.20. The molecule has 0 aliphatic carbocycles. The first-order chi connectivity index (χ1) is 8.55. The number of nitrogens with zero attached hydrogens (tertiary/aromatic N) is 1. The van der Waals surface area contributed by atoms with Crippen molar-refractivity contribution < 1.29 is 0 Å². The molecule has 0 spiro atoms. The molecule has 0 amide bonds. The summed E-state index contributed by atoms with van der Waals surface area (Å²) in [6.07, 6.45) is 2.01. The number of benzene rings is 1. The summed E-state index contributed by atoms with van der Waals surface area (Å²) in [6.45, 7) is 8.22. The van der Waals surface area contributed by atoms with Gasteiger partial charge in [-0.2, -0.15) is 5.26 Å². The van der Waals surface area contributed by atoms with Gasteiger partial charge in [-0.25, -0.2) is 0 Å². The molecule has 1 aromatic rings. The molecule has 0 saturated carbocycles. The Kier molecular flexibility index (Phi) is 5.88. The van der Waals surface area contributed by atoms with E-state index in [0.29, 0.717) is 5.92 Å². The van der Waals surface area contributed by atoms with Crippen LogP contribution in [0.25, 0.3) is 0 Å². The highest BCUT2D eigenvalue weighted by molar-refractivity contribution is 5.18. The van der Waals surface area contributed by atoms with E-state index in [2.05, 4.69) is 42.6 Å². The number of rotatable bonds is 7. The van der Waals surface area contributed by atoms with Crippen LogP contribution in [0.15, 0.2) is 30.3 Å². The molecule has 0 aromatic heterocycles. The fourth-order valence-corrected chi connectivity index (χ4v) is 1.93. The Morgan fingerprint density at radius 3 is 2.56 bits per heavy atom. The largest absolute Gasteiger partial charge is 0.316 e. The van der Waals surface area contributed by atoms with Gasteiger partial charge in [-0.3, -0.25) is 0 Å². The van der Waals surface area contributed by atoms with Crippen molar-refractivity contribution in [1.82, 2.24) is 5.32 Å². The summed E-state index contributed by atoms with van der Waals surface area (Å²) in [4.78, 5) is 0. The molecule has 0 fully saturated rings. The molecular weight excluding hydrogens is 220 g/mol. The third-order valence-corrected chi connectivity index (χ3v) is 3.28. The number of hydrogen-bond acceptors (Lipinski definition) is 2. The monoisotopic (exact) mass is 244 g/mol. The first-order valence-corrected chi connectivity index (χ1v) is 6.72. The summed E-state index contributed by atoms with van der Waals surface area (Å²) in [5, 5.41) is 12.4. The average molecular weight is 244 g/mol. The highest BCUT2D eigenvalue weighted by Gasteiger charge is 2.15. The van der Waals surface area contributed by atoms with E-state index in [4.69, 9.17) is 5.26 Å². The van der Waals surface area contributed by atoms with Gasteiger partial charge in [0.15, 0.2) is 0 Å². The second-order valence-electron chi connectivity index (χ2n) is 5.62. The van der Waals surface area contributed by atoms with Crippen molar-refractivity contribution >= 4 is 0 Å². The molecule has 2 heteroatoms. The summed E-state index contributed by atoms with van der Waals surface area (Å²) >= 11 is 0. The normalized spacial score (nSPS) is 13.0. The smallest absolute Gasteiger partial charge is 0.0683 e. The fourth-order valence-electron chi connectivity index (χ4n) is 1.93. The number of nitriles is 1. The van der Waals surface area contributed by atoms with Gasteiger partial charge < -0.3 is 5.32 Å². The molecular formula is C16H24N2. The van der Waals surface area contributed by atoms with Crippen LogP contribution >= 0.6 is 0 Å². The van der Waals surface area contributed by atoms with E-state index >= 15 is 0 Å². The Balaban J connectivity index is 2.18. The lowest BCUT2D eigenvalue weighted by Crippen LogP contribution is -2.22. The molecule has 0 aliphatic heterocycles. The van der Waals surface area contributed by atoms with Gasteiger partial charge in [0, 0.05) is 6.54 Å². The lowest BCUT2D eigenvalue weighted by molar-refractivity contribution is 0.424. The highest BCUT2D eigenvalue weighted by atomic mass is 14.8. The van der Waals surface area contributed by atoms with E-state index in [1.807, 2.05) is 19.9 Å². The van der Waals surface area contributed by atoms with Crippen molar-refractivity contribution in [1.29, 1.82) is 5.26 Å². The van der Waals surface area contributed by atoms with Crippen LogP contribution in [-0.2, 0) is 0 Å². The van der Waals surface area contributed by atoms with Crippen molar-refractivity contribution in [2.75, 3.05) is 13.1 Å². The minimum Gasteiger partial charge on any atom is -0.316 e. The van der Waals surface area contributed by atoms with Crippen molar-refractivity contribution in [3.05, 3.63) is 35.9 Å². The van der Waals surface area contributed by atoms with Crippen molar-refractivity contribution in [3.8, 4) is 6.07 Å². The third kappa shape index (κ3) is 5.33. The zero-order valence-corrected chi connectivity index (χ0v) is 11.7. The Bertz CT molecular complexity index is 376. The van der Waals surface area contributed by atoms with E-state index in [9.17, 15) is 0 Å². The molecule has 1 atom stereocenters. The maximum Gasteiger partial charge on any atom is 0.0683 e. The average Bonchev–Trinajstić information content (AvgIpc) is 2.39. The summed E-state index contributed by atoms with van der Waals surface area (Å²) in [5.74, 6) is 0.537. The van der Waals surface area contributed by atoms with Crippen LogP contribution in [0.1, 0.15) is 45.1 Å². The predicted molar refractivity (Wildman–Crippen MR) is 76.4 cm³/mol. The maximum atomic E-state index is 8.92. The molecule has 0 heterocycles. The van der Waals surface area contributed by atoms with Crippen LogP contribution in [0.2, 0.25) is 0 Å². The van der Waals surface area contributed by atoms with E-state index < -0.39 is 0 Å². The second kappa shape index (κ2) is 7.18. The molecule has 1 N–H and O–H groups in total. The van der Waals surface area contributed by atoms with Crippen molar-refractivity contribution in [3.63, 3.8) is 0 Å². The van der Waals surface area contributed by atoms with Crippen molar-refractivity contribution in [2.45, 2.75) is 39.5 Å². The van der Waals surface area contributed by atoms with Gasteiger partial charge in [0.05, 0.1) is 11.5 Å². The summed E-state index contributed by atoms with van der Waals surface area (Å²) < 4.78 is 0. The van der Waals surface area contributed by atoms with E-state index in [-0.39, 0.29) is 5.41 Å². The Morgan fingerprint density at radius 1 is 1.28 bits per heavy atom. The van der Waals surface area contributed by atoms with Gasteiger partial charge in [0.25, 0.3) is 0 Å². The van der Waals surface area contributed by atoms with Crippen LogP contribution in [0, 0.1) is 16.7 Å². The molecule has 1 rings (SSSR count). The van der Waals surface area contributed by atoms with E-state index in [1.54, 1.807) is 0 Å². The first kappa shape index (κ1) is 14.7. The van der Waals surface area contributed by atoms with Crippen molar-refractivity contribution in [2.24, 2.45) is 5.41 Å². The van der Waals surface area contributed by atoms with Gasteiger partial charge in [0.2, 0.25) is 0 Å². The van der Waals surface area contributed by atoms with Gasteiger partial charge in [-0.05, 0) is 44.7 Å². The molecule has 98 valence electrons. The molecule has 0 aliphatic rings. The Morgan fingerprint density at radius 2 is 1.94 bits per heavy atom. The van der Waals surface area contributed by atoms with Crippen LogP contribution in [0.3, 0.4) is 0 Å². The van der Waals surface area contributed by atoms with E-state index in [0.717, 1.165) is 25.9 Å². The minimum absolute atomic E-state index is 0.188. The zero-order chi connectivity index (χ0) is 13.4. The summed E-state index contributed by atoms with van der Waals surface area (Å²) in [6, 6.07) is 12.9. The lowest BCUT2D eigenvalue weighted by Gasteiger charge is -2.16. The molecule has 0 bridgehead atoms. The van der Waals surface area contributed by atoms with Gasteiger partial charge in [-0.1, -0.05) is 37.3 Å². The standard InChI is InChI=1S/C16H24N2/c1-14(15-8-5-4-6-9-15)12-18-11-7-10-16(2,3)13-17/h4-6,8-9,14,18H,7,10-12H2,1-3H3. The van der Waals surface area contributed by atoms with Crippen LogP contribution in [0.5, 0.6) is 0 Å². The Hall–Kier alpha value is -1.33. The molecule has 18 heavy (non-hydrogen) atoms. The topological polar surface area (TPSA) is 35.8 Å². The predicted octanol–water partition coefficient (Wildman–Crippen LogP) is 3.71. The number of nitrogens with one attached hydrogen (secondary N) is 1. The maximum absolute atomic E-state index is 8.92. The minimum atomic E-state index is -0.188. The van der Waals surface area contributed by atoms with Crippen LogP contribution in [-0.4, -0.2) is 13.1 Å². The zero-order valence-electron chi connectivity index (χ0n) is 11.7. The van der Waals surface area contributed by atoms with Crippen LogP contribution < -0.4 is 5.32 Å². The SMILES string of the molecule is CC(CNCCCC(C)(C)C#N)c1ccccc1. The summed E-state index contributed by atoms with van der Waals surface area (Å²) in [7, 11) is 0. The molecule has 0 radical (unpaired) electrons. The van der Waals surface area contributed by atoms with Gasteiger partial charge in [-0.15, -0.1) is 0 Å².